The molecule has 9 nitrogen and oxygen atoms in total. The topological polar surface area (TPSA) is 101 Å². The molecule has 1 fully saturated rings. The average molecular weight is 397 g/mol. The van der Waals surface area contributed by atoms with Gasteiger partial charge < -0.3 is 20.1 Å². The molecule has 0 spiro atoms. The van der Waals surface area contributed by atoms with Crippen molar-refractivity contribution < 1.29 is 9.84 Å². The zero-order valence-corrected chi connectivity index (χ0v) is 17.3. The molecule has 0 radical (unpaired) electrons. The van der Waals surface area contributed by atoms with E-state index in [1.165, 1.54) is 0 Å². The van der Waals surface area contributed by atoms with Crippen LogP contribution in [0.15, 0.2) is 24.3 Å². The van der Waals surface area contributed by atoms with E-state index in [-0.39, 0.29) is 11.6 Å². The van der Waals surface area contributed by atoms with Crippen LogP contribution in [0.5, 0.6) is 5.75 Å². The van der Waals surface area contributed by atoms with Gasteiger partial charge in [-0.05, 0) is 44.9 Å². The summed E-state index contributed by atoms with van der Waals surface area (Å²) in [6.45, 7) is 7.99. The maximum atomic E-state index is 9.98. The van der Waals surface area contributed by atoms with Gasteiger partial charge >= 0.3 is 0 Å². The van der Waals surface area contributed by atoms with Crippen LogP contribution in [0.2, 0.25) is 0 Å². The number of aliphatic hydroxyl groups excluding tert-OH is 1. The van der Waals surface area contributed by atoms with Gasteiger partial charge in [0.05, 0.1) is 19.8 Å². The summed E-state index contributed by atoms with van der Waals surface area (Å²) in [6, 6.07) is 7.85. The molecule has 0 aliphatic carbocycles. The van der Waals surface area contributed by atoms with E-state index in [1.807, 2.05) is 24.3 Å². The molecule has 3 heterocycles. The highest BCUT2D eigenvalue weighted by molar-refractivity contribution is 5.84. The van der Waals surface area contributed by atoms with Crippen LogP contribution in [0.1, 0.15) is 32.8 Å². The first kappa shape index (κ1) is 19.4. The summed E-state index contributed by atoms with van der Waals surface area (Å²) in [5.74, 6) is 2.05. The van der Waals surface area contributed by atoms with Crippen molar-refractivity contribution in [2.24, 2.45) is 0 Å². The molecular formula is C20H27N7O2. The summed E-state index contributed by atoms with van der Waals surface area (Å²) in [4.78, 5) is 11.5. The lowest BCUT2D eigenvalue weighted by Gasteiger charge is -2.22. The number of β-amino-alcohol motifs (C(OH)–C–C–N with tert-alkyl or cyclic N) is 1. The minimum Gasteiger partial charge on any atom is -0.497 e. The third-order valence-electron chi connectivity index (χ3n) is 4.79. The zero-order valence-electron chi connectivity index (χ0n) is 17.3. The number of hydrogen-bond donors (Lipinski definition) is 2. The minimum atomic E-state index is -0.353. The van der Waals surface area contributed by atoms with E-state index in [0.29, 0.717) is 42.4 Å². The number of fused-ring (bicyclic) bond motifs is 1. The average Bonchev–Trinajstić information content (AvgIpc) is 3.27. The van der Waals surface area contributed by atoms with Crippen LogP contribution in [0.25, 0.3) is 11.2 Å². The second kappa shape index (κ2) is 7.47. The van der Waals surface area contributed by atoms with Gasteiger partial charge in [0.15, 0.2) is 17.0 Å². The first-order chi connectivity index (χ1) is 13.8. The Balaban J connectivity index is 1.74. The first-order valence-electron chi connectivity index (χ1n) is 9.78. The molecule has 1 aliphatic rings. The van der Waals surface area contributed by atoms with E-state index in [0.717, 1.165) is 17.9 Å². The molecule has 2 aromatic heterocycles. The molecule has 1 unspecified atom stereocenters. The van der Waals surface area contributed by atoms with Crippen molar-refractivity contribution in [1.82, 2.24) is 25.0 Å². The Morgan fingerprint density at radius 3 is 2.59 bits per heavy atom. The Morgan fingerprint density at radius 2 is 1.97 bits per heavy atom. The summed E-state index contributed by atoms with van der Waals surface area (Å²) >= 11 is 0. The van der Waals surface area contributed by atoms with Gasteiger partial charge in [0.1, 0.15) is 5.75 Å². The number of nitrogens with zero attached hydrogens (tertiary/aromatic N) is 6. The molecule has 0 saturated carbocycles. The van der Waals surface area contributed by atoms with Crippen molar-refractivity contribution in [2.75, 3.05) is 30.4 Å². The van der Waals surface area contributed by atoms with E-state index in [9.17, 15) is 5.11 Å². The number of nitrogens with one attached hydrogen (secondary N) is 1. The molecule has 1 aromatic carbocycles. The molecule has 0 bridgehead atoms. The predicted molar refractivity (Wildman–Crippen MR) is 111 cm³/mol. The van der Waals surface area contributed by atoms with Gasteiger partial charge in [-0.3, -0.25) is 0 Å². The van der Waals surface area contributed by atoms with E-state index in [1.54, 1.807) is 11.8 Å². The van der Waals surface area contributed by atoms with Crippen molar-refractivity contribution in [3.05, 3.63) is 29.8 Å². The van der Waals surface area contributed by atoms with E-state index >= 15 is 0 Å². The van der Waals surface area contributed by atoms with Crippen LogP contribution in [-0.4, -0.2) is 61.9 Å². The molecule has 1 saturated heterocycles. The second-order valence-corrected chi connectivity index (χ2v) is 8.40. The first-order valence-corrected chi connectivity index (χ1v) is 9.78. The van der Waals surface area contributed by atoms with Gasteiger partial charge in [-0.1, -0.05) is 17.3 Å². The van der Waals surface area contributed by atoms with Crippen molar-refractivity contribution in [3.8, 4) is 5.75 Å². The number of benzene rings is 1. The smallest absolute Gasteiger partial charge is 0.227 e. The fourth-order valence-electron chi connectivity index (χ4n) is 3.40. The van der Waals surface area contributed by atoms with E-state index in [2.05, 4.69) is 41.3 Å². The number of anilines is 2. The Morgan fingerprint density at radius 1 is 1.21 bits per heavy atom. The SMILES string of the molecule is COc1ccc(Cn2nnc3c(N4CCC(O)C4)nc(NC(C)(C)C)nc32)cc1. The highest BCUT2D eigenvalue weighted by atomic mass is 16.5. The van der Waals surface area contributed by atoms with Gasteiger partial charge in [-0.15, -0.1) is 5.10 Å². The summed E-state index contributed by atoms with van der Waals surface area (Å²) in [6.07, 6.45) is 0.362. The number of rotatable bonds is 5. The molecule has 1 atom stereocenters. The summed E-state index contributed by atoms with van der Waals surface area (Å²) in [7, 11) is 1.65. The lowest BCUT2D eigenvalue weighted by atomic mass is 10.1. The zero-order chi connectivity index (χ0) is 20.6. The Hall–Kier alpha value is -2.94. The second-order valence-electron chi connectivity index (χ2n) is 8.40. The summed E-state index contributed by atoms with van der Waals surface area (Å²) in [5.41, 5.74) is 2.19. The molecule has 3 aromatic rings. The molecule has 0 amide bonds. The fraction of sp³-hybridized carbons (Fsp3) is 0.500. The van der Waals surface area contributed by atoms with Gasteiger partial charge in [0, 0.05) is 18.6 Å². The Kier molecular flexibility index (Phi) is 4.99. The van der Waals surface area contributed by atoms with Crippen molar-refractivity contribution in [2.45, 2.75) is 45.4 Å². The van der Waals surface area contributed by atoms with E-state index < -0.39 is 0 Å². The fourth-order valence-corrected chi connectivity index (χ4v) is 3.40. The molecule has 9 heteroatoms. The largest absolute Gasteiger partial charge is 0.497 e. The lowest BCUT2D eigenvalue weighted by molar-refractivity contribution is 0.198. The molecule has 4 rings (SSSR count). The molecule has 1 aliphatic heterocycles. The maximum absolute atomic E-state index is 9.98. The Labute approximate surface area is 169 Å². The standard InChI is InChI=1S/C20H27N7O2/c1-20(2,3)23-19-21-17(26-10-9-14(28)12-26)16-18(22-19)27(25-24-16)11-13-5-7-15(29-4)8-6-13/h5-8,14,28H,9-12H2,1-4H3,(H,21,22,23). The highest BCUT2D eigenvalue weighted by Crippen LogP contribution is 2.28. The maximum Gasteiger partial charge on any atom is 0.227 e. The van der Waals surface area contributed by atoms with Crippen LogP contribution in [-0.2, 0) is 6.54 Å². The number of methoxy groups -OCH3 is 1. The summed E-state index contributed by atoms with van der Waals surface area (Å²) < 4.78 is 7.01. The van der Waals surface area contributed by atoms with Gasteiger partial charge in [0.25, 0.3) is 0 Å². The highest BCUT2D eigenvalue weighted by Gasteiger charge is 2.27. The van der Waals surface area contributed by atoms with Crippen LogP contribution >= 0.6 is 0 Å². The molecule has 154 valence electrons. The van der Waals surface area contributed by atoms with Gasteiger partial charge in [-0.2, -0.15) is 9.97 Å². The number of aliphatic hydroxyl groups is 1. The van der Waals surface area contributed by atoms with Crippen molar-refractivity contribution in [1.29, 1.82) is 0 Å². The normalized spacial score (nSPS) is 17.1. The Bertz CT molecular complexity index is 994. The third-order valence-corrected chi connectivity index (χ3v) is 4.79. The quantitative estimate of drug-likeness (QED) is 0.675. The monoisotopic (exact) mass is 397 g/mol. The molecule has 2 N–H and O–H groups in total. The number of hydrogen-bond acceptors (Lipinski definition) is 8. The van der Waals surface area contributed by atoms with Crippen molar-refractivity contribution in [3.63, 3.8) is 0 Å². The molecule has 29 heavy (non-hydrogen) atoms. The lowest BCUT2D eigenvalue weighted by Crippen LogP contribution is -2.29. The van der Waals surface area contributed by atoms with Crippen molar-refractivity contribution >= 4 is 22.9 Å². The van der Waals surface area contributed by atoms with Crippen LogP contribution in [0.4, 0.5) is 11.8 Å². The van der Waals surface area contributed by atoms with Crippen LogP contribution in [0, 0.1) is 0 Å². The number of ether oxygens (including phenoxy) is 1. The molecular weight excluding hydrogens is 370 g/mol. The van der Waals surface area contributed by atoms with Crippen LogP contribution < -0.4 is 15.0 Å². The predicted octanol–water partition coefficient (Wildman–Crippen LogP) is 2.06. The van der Waals surface area contributed by atoms with Crippen LogP contribution in [0.3, 0.4) is 0 Å². The van der Waals surface area contributed by atoms with Gasteiger partial charge in [0.2, 0.25) is 5.95 Å². The summed E-state index contributed by atoms with van der Waals surface area (Å²) in [5, 5.41) is 22.0. The minimum absolute atomic E-state index is 0.191. The third kappa shape index (κ3) is 4.24. The number of aromatic nitrogens is 5. The van der Waals surface area contributed by atoms with E-state index in [4.69, 9.17) is 14.7 Å². The van der Waals surface area contributed by atoms with Gasteiger partial charge in [-0.25, -0.2) is 4.68 Å².